The maximum absolute atomic E-state index is 5.51. The predicted octanol–water partition coefficient (Wildman–Crippen LogP) is 4.01. The summed E-state index contributed by atoms with van der Waals surface area (Å²) < 4.78 is 5.51. The third-order valence-electron chi connectivity index (χ3n) is 2.68. The zero-order valence-electron chi connectivity index (χ0n) is 11.5. The molecule has 0 aliphatic rings. The molecule has 0 bridgehead atoms. The summed E-state index contributed by atoms with van der Waals surface area (Å²) in [5.74, 6) is 1.28. The van der Waals surface area contributed by atoms with Crippen molar-refractivity contribution in [2.24, 2.45) is 0 Å². The summed E-state index contributed by atoms with van der Waals surface area (Å²) in [5, 5.41) is 3.11. The molecule has 0 atom stereocenters. The first-order valence-electron chi connectivity index (χ1n) is 6.24. The van der Waals surface area contributed by atoms with Gasteiger partial charge in [-0.3, -0.25) is 0 Å². The van der Waals surface area contributed by atoms with E-state index >= 15 is 0 Å². The van der Waals surface area contributed by atoms with E-state index in [-0.39, 0.29) is 0 Å². The molecule has 1 aromatic carbocycles. The molecule has 0 aliphatic carbocycles. The van der Waals surface area contributed by atoms with Crippen LogP contribution in [0.3, 0.4) is 0 Å². The average Bonchev–Trinajstić information content (AvgIpc) is 2.37. The Balaban J connectivity index is 3.04. The number of hydrogen-bond acceptors (Lipinski definition) is 2. The molecule has 2 nitrogen and oxygen atoms in total. The summed E-state index contributed by atoms with van der Waals surface area (Å²) in [4.78, 5) is 0.694. The normalized spacial score (nSPS) is 10.9. The van der Waals surface area contributed by atoms with E-state index in [1.165, 1.54) is 5.56 Å². The van der Waals surface area contributed by atoms with E-state index in [9.17, 15) is 0 Å². The van der Waals surface area contributed by atoms with E-state index in [0.29, 0.717) is 10.9 Å². The average molecular weight is 263 g/mol. The molecule has 3 heteroatoms. The van der Waals surface area contributed by atoms with Gasteiger partial charge in [-0.15, -0.1) is 0 Å². The second kappa shape index (κ2) is 7.17. The molecule has 0 amide bonds. The van der Waals surface area contributed by atoms with Crippen molar-refractivity contribution in [2.75, 3.05) is 7.11 Å². The minimum atomic E-state index is 0.411. The molecule has 0 heterocycles. The van der Waals surface area contributed by atoms with Gasteiger partial charge in [-0.2, -0.15) is 0 Å². The van der Waals surface area contributed by atoms with Crippen LogP contribution in [0.4, 0.5) is 0 Å². The molecule has 1 rings (SSSR count). The topological polar surface area (TPSA) is 21.3 Å². The third-order valence-corrected chi connectivity index (χ3v) is 3.02. The summed E-state index contributed by atoms with van der Waals surface area (Å²) in [7, 11) is 1.69. The van der Waals surface area contributed by atoms with Crippen LogP contribution in [0, 0.1) is 0 Å². The Morgan fingerprint density at radius 3 is 2.72 bits per heavy atom. The number of methoxy groups -OCH3 is 1. The van der Waals surface area contributed by atoms with Gasteiger partial charge in [-0.05, 0) is 30.2 Å². The Morgan fingerprint density at radius 2 is 2.17 bits per heavy atom. The lowest BCUT2D eigenvalue weighted by atomic mass is 9.99. The van der Waals surface area contributed by atoms with Crippen LogP contribution in [0.2, 0.25) is 0 Å². The monoisotopic (exact) mass is 263 g/mol. The maximum atomic E-state index is 5.51. The van der Waals surface area contributed by atoms with Gasteiger partial charge in [0.15, 0.2) is 0 Å². The lowest BCUT2D eigenvalue weighted by Gasteiger charge is -2.16. The van der Waals surface area contributed by atoms with Crippen molar-refractivity contribution >= 4 is 17.2 Å². The van der Waals surface area contributed by atoms with E-state index in [2.05, 4.69) is 32.2 Å². The van der Waals surface area contributed by atoms with Crippen molar-refractivity contribution in [3.05, 3.63) is 41.6 Å². The SMILES string of the molecule is CC/C=C\NC(=S)c1cccc(C(C)C)c1OC. The van der Waals surface area contributed by atoms with Crippen LogP contribution >= 0.6 is 12.2 Å². The molecule has 0 aliphatic heterocycles. The number of para-hydroxylation sites is 1. The van der Waals surface area contributed by atoms with Crippen LogP contribution < -0.4 is 10.1 Å². The first kappa shape index (κ1) is 14.7. The van der Waals surface area contributed by atoms with Crippen molar-refractivity contribution in [3.63, 3.8) is 0 Å². The molecule has 0 saturated carbocycles. The molecule has 1 aromatic rings. The van der Waals surface area contributed by atoms with E-state index in [1.807, 2.05) is 24.4 Å². The largest absolute Gasteiger partial charge is 0.496 e. The Labute approximate surface area is 115 Å². The van der Waals surface area contributed by atoms with Gasteiger partial charge in [-0.1, -0.05) is 51.2 Å². The summed E-state index contributed by atoms with van der Waals surface area (Å²) >= 11 is 5.39. The lowest BCUT2D eigenvalue weighted by molar-refractivity contribution is 0.406. The Kier molecular flexibility index (Phi) is 5.86. The molecular weight excluding hydrogens is 242 g/mol. The number of hydrogen-bond donors (Lipinski definition) is 1. The Morgan fingerprint density at radius 1 is 1.44 bits per heavy atom. The zero-order valence-corrected chi connectivity index (χ0v) is 12.3. The number of allylic oxidation sites excluding steroid dienone is 1. The van der Waals surface area contributed by atoms with Crippen molar-refractivity contribution in [1.29, 1.82) is 0 Å². The summed E-state index contributed by atoms with van der Waals surface area (Å²) in [6.07, 6.45) is 4.90. The summed E-state index contributed by atoms with van der Waals surface area (Å²) in [6, 6.07) is 6.09. The summed E-state index contributed by atoms with van der Waals surface area (Å²) in [5.41, 5.74) is 2.12. The first-order valence-corrected chi connectivity index (χ1v) is 6.65. The molecule has 0 spiro atoms. The first-order chi connectivity index (χ1) is 8.61. The van der Waals surface area contributed by atoms with Gasteiger partial charge in [0.05, 0.1) is 12.7 Å². The molecule has 0 saturated heterocycles. The quantitative estimate of drug-likeness (QED) is 0.811. The highest BCUT2D eigenvalue weighted by Crippen LogP contribution is 2.30. The standard InChI is InChI=1S/C15H21NOS/c1-5-6-10-16-15(18)13-9-7-8-12(11(2)3)14(13)17-4/h6-11H,5H2,1-4H3,(H,16,18)/b10-6-. The number of nitrogens with one attached hydrogen (secondary N) is 1. The summed E-state index contributed by atoms with van der Waals surface area (Å²) in [6.45, 7) is 6.38. The van der Waals surface area contributed by atoms with Crippen molar-refractivity contribution < 1.29 is 4.74 Å². The number of ether oxygens (including phenoxy) is 1. The van der Waals surface area contributed by atoms with Crippen LogP contribution in [0.15, 0.2) is 30.5 Å². The van der Waals surface area contributed by atoms with Crippen LogP contribution in [0.25, 0.3) is 0 Å². The minimum Gasteiger partial charge on any atom is -0.496 e. The van der Waals surface area contributed by atoms with Crippen LogP contribution in [0.5, 0.6) is 5.75 Å². The highest BCUT2D eigenvalue weighted by molar-refractivity contribution is 7.80. The lowest BCUT2D eigenvalue weighted by Crippen LogP contribution is -2.17. The molecule has 1 N–H and O–H groups in total. The number of benzene rings is 1. The van der Waals surface area contributed by atoms with Crippen molar-refractivity contribution in [1.82, 2.24) is 5.32 Å². The Hall–Kier alpha value is -1.35. The third kappa shape index (κ3) is 3.57. The fraction of sp³-hybridized carbons (Fsp3) is 0.400. The highest BCUT2D eigenvalue weighted by Gasteiger charge is 2.14. The van der Waals surface area contributed by atoms with Crippen molar-refractivity contribution in [3.8, 4) is 5.75 Å². The Bertz CT molecular complexity index is 438. The van der Waals surface area contributed by atoms with Gasteiger partial charge in [0, 0.05) is 0 Å². The van der Waals surface area contributed by atoms with Crippen LogP contribution in [-0.2, 0) is 0 Å². The maximum Gasteiger partial charge on any atom is 0.132 e. The number of rotatable bonds is 5. The molecule has 18 heavy (non-hydrogen) atoms. The highest BCUT2D eigenvalue weighted by atomic mass is 32.1. The van der Waals surface area contributed by atoms with Gasteiger partial charge in [0.2, 0.25) is 0 Å². The second-order valence-electron chi connectivity index (χ2n) is 4.37. The second-order valence-corrected chi connectivity index (χ2v) is 4.78. The number of thiocarbonyl (C=S) groups is 1. The van der Waals surface area contributed by atoms with Crippen molar-refractivity contribution in [2.45, 2.75) is 33.1 Å². The fourth-order valence-corrected chi connectivity index (χ4v) is 1.98. The molecule has 0 unspecified atom stereocenters. The smallest absolute Gasteiger partial charge is 0.132 e. The van der Waals surface area contributed by atoms with E-state index in [1.54, 1.807) is 7.11 Å². The van der Waals surface area contributed by atoms with Gasteiger partial charge in [0.1, 0.15) is 10.7 Å². The fourth-order valence-electron chi connectivity index (χ4n) is 1.75. The van der Waals surface area contributed by atoms with Crippen LogP contribution in [0.1, 0.15) is 44.2 Å². The van der Waals surface area contributed by atoms with Gasteiger partial charge < -0.3 is 10.1 Å². The van der Waals surface area contributed by atoms with E-state index < -0.39 is 0 Å². The van der Waals surface area contributed by atoms with E-state index in [4.69, 9.17) is 17.0 Å². The predicted molar refractivity (Wildman–Crippen MR) is 81.3 cm³/mol. The molecule has 98 valence electrons. The molecule has 0 fully saturated rings. The molecule has 0 radical (unpaired) electrons. The van der Waals surface area contributed by atoms with Gasteiger partial charge >= 0.3 is 0 Å². The van der Waals surface area contributed by atoms with E-state index in [0.717, 1.165) is 17.7 Å². The van der Waals surface area contributed by atoms with Crippen LogP contribution in [-0.4, -0.2) is 12.1 Å². The van der Waals surface area contributed by atoms with Gasteiger partial charge in [-0.25, -0.2) is 0 Å². The minimum absolute atomic E-state index is 0.411. The van der Waals surface area contributed by atoms with Gasteiger partial charge in [0.25, 0.3) is 0 Å². The molecular formula is C15H21NOS. The zero-order chi connectivity index (χ0) is 13.5. The molecule has 0 aromatic heterocycles.